The Kier molecular flexibility index (Phi) is 9.64. The fourth-order valence-electron chi connectivity index (χ4n) is 2.81. The average Bonchev–Trinajstić information content (AvgIpc) is 2.63. The van der Waals surface area contributed by atoms with Crippen LogP contribution < -0.4 is 10.6 Å². The second-order valence-electron chi connectivity index (χ2n) is 6.56. The van der Waals surface area contributed by atoms with Crippen LogP contribution in [0, 0.1) is 0 Å². The summed E-state index contributed by atoms with van der Waals surface area (Å²) in [6, 6.07) is 18.7. The second-order valence-corrected chi connectivity index (χ2v) is 9.71. The van der Waals surface area contributed by atoms with Gasteiger partial charge in [0.1, 0.15) is 0 Å². The zero-order valence-electron chi connectivity index (χ0n) is 15.3. The Morgan fingerprint density at radius 2 is 0.917 bits per heavy atom. The first-order valence-corrected chi connectivity index (χ1v) is 12.5. The molecule has 0 nitrogen and oxygen atoms in total. The Morgan fingerprint density at radius 1 is 0.542 bits per heavy atom. The largest absolute Gasteiger partial charge is 0.0654 e. The molecule has 130 valence electrons. The van der Waals surface area contributed by atoms with E-state index in [1.807, 2.05) is 0 Å². The molecule has 0 saturated carbocycles. The minimum atomic E-state index is 0.906. The highest BCUT2D eigenvalue weighted by Gasteiger charge is 1.99. The first-order valence-electron chi connectivity index (χ1n) is 9.51. The summed E-state index contributed by atoms with van der Waals surface area (Å²) in [5.41, 5.74) is 2.99. The Balaban J connectivity index is 1.76. The van der Waals surface area contributed by atoms with E-state index in [-0.39, 0.29) is 0 Å². The number of benzene rings is 2. The summed E-state index contributed by atoms with van der Waals surface area (Å²) in [5, 5.41) is 3.00. The highest BCUT2D eigenvalue weighted by molar-refractivity contribution is 8.18. The molecule has 0 bridgehead atoms. The second kappa shape index (κ2) is 11.8. The molecular formula is C22H32P2. The summed E-state index contributed by atoms with van der Waals surface area (Å²) in [7, 11) is 1.81. The molecule has 0 aliphatic heterocycles. The Morgan fingerprint density at radius 3 is 1.25 bits per heavy atom. The van der Waals surface area contributed by atoms with Gasteiger partial charge in [0.25, 0.3) is 0 Å². The summed E-state index contributed by atoms with van der Waals surface area (Å²) in [5.74, 6) is 0. The third-order valence-corrected chi connectivity index (χ3v) is 7.87. The Bertz CT molecular complexity index is 504. The lowest BCUT2D eigenvalue weighted by Gasteiger charge is -2.06. The van der Waals surface area contributed by atoms with Gasteiger partial charge in [0.15, 0.2) is 0 Å². The van der Waals surface area contributed by atoms with Crippen LogP contribution in [-0.4, -0.2) is 0 Å². The SMILES string of the molecule is CCCCCc1ccc(PPc2ccc(CCCCC)cc2)cc1. The van der Waals surface area contributed by atoms with Crippen molar-refractivity contribution < 1.29 is 0 Å². The number of aryl methyl sites for hydroxylation is 2. The van der Waals surface area contributed by atoms with Gasteiger partial charge in [-0.25, -0.2) is 0 Å². The van der Waals surface area contributed by atoms with E-state index in [0.717, 1.165) is 16.5 Å². The van der Waals surface area contributed by atoms with Crippen LogP contribution in [0.25, 0.3) is 0 Å². The molecule has 2 heteroatoms. The van der Waals surface area contributed by atoms with Crippen LogP contribution in [0.4, 0.5) is 0 Å². The van der Waals surface area contributed by atoms with E-state index < -0.39 is 0 Å². The van der Waals surface area contributed by atoms with Gasteiger partial charge < -0.3 is 0 Å². The summed E-state index contributed by atoms with van der Waals surface area (Å²) in [6.07, 6.45) is 10.4. The van der Waals surface area contributed by atoms with Crippen molar-refractivity contribution >= 4 is 27.1 Å². The van der Waals surface area contributed by atoms with Gasteiger partial charge in [-0.05, 0) is 47.4 Å². The van der Waals surface area contributed by atoms with E-state index in [4.69, 9.17) is 0 Å². The van der Waals surface area contributed by atoms with Gasteiger partial charge >= 0.3 is 0 Å². The van der Waals surface area contributed by atoms with Crippen LogP contribution in [0.2, 0.25) is 0 Å². The molecule has 0 aliphatic rings. The molecule has 2 rings (SSSR count). The molecule has 0 saturated heterocycles. The lowest BCUT2D eigenvalue weighted by Crippen LogP contribution is -1.97. The number of rotatable bonds is 11. The van der Waals surface area contributed by atoms with E-state index in [9.17, 15) is 0 Å². The monoisotopic (exact) mass is 358 g/mol. The van der Waals surface area contributed by atoms with Crippen LogP contribution in [0.15, 0.2) is 48.5 Å². The van der Waals surface area contributed by atoms with Gasteiger partial charge in [-0.15, -0.1) is 0 Å². The first kappa shape index (κ1) is 19.6. The number of unbranched alkanes of at least 4 members (excludes halogenated alkanes) is 4. The van der Waals surface area contributed by atoms with Gasteiger partial charge in [0, 0.05) is 0 Å². The summed E-state index contributed by atoms with van der Waals surface area (Å²) in [6.45, 7) is 4.53. The molecule has 24 heavy (non-hydrogen) atoms. The van der Waals surface area contributed by atoms with Crippen LogP contribution >= 0.6 is 16.5 Å². The molecule has 2 unspecified atom stereocenters. The maximum atomic E-state index is 2.34. The predicted molar refractivity (Wildman–Crippen MR) is 115 cm³/mol. The molecule has 0 aromatic heterocycles. The molecule has 2 aromatic carbocycles. The van der Waals surface area contributed by atoms with Crippen molar-refractivity contribution in [3.05, 3.63) is 59.7 Å². The van der Waals surface area contributed by atoms with E-state index in [1.165, 1.54) is 73.1 Å². The van der Waals surface area contributed by atoms with Crippen molar-refractivity contribution in [3.63, 3.8) is 0 Å². The zero-order valence-corrected chi connectivity index (χ0v) is 17.3. The van der Waals surface area contributed by atoms with Crippen LogP contribution in [0.1, 0.15) is 63.5 Å². The van der Waals surface area contributed by atoms with Crippen molar-refractivity contribution in [1.82, 2.24) is 0 Å². The van der Waals surface area contributed by atoms with E-state index in [2.05, 4.69) is 62.4 Å². The highest BCUT2D eigenvalue weighted by atomic mass is 32.0. The fourth-order valence-corrected chi connectivity index (χ4v) is 5.63. The van der Waals surface area contributed by atoms with Gasteiger partial charge in [0.2, 0.25) is 0 Å². The quantitative estimate of drug-likeness (QED) is 0.323. The van der Waals surface area contributed by atoms with E-state index in [1.54, 1.807) is 0 Å². The summed E-state index contributed by atoms with van der Waals surface area (Å²) >= 11 is 0. The van der Waals surface area contributed by atoms with E-state index in [0.29, 0.717) is 0 Å². The molecule has 0 amide bonds. The van der Waals surface area contributed by atoms with Crippen molar-refractivity contribution in [3.8, 4) is 0 Å². The topological polar surface area (TPSA) is 0 Å². The molecule has 0 heterocycles. The maximum Gasteiger partial charge on any atom is -0.0227 e. The number of hydrogen-bond donors (Lipinski definition) is 0. The van der Waals surface area contributed by atoms with Gasteiger partial charge in [-0.1, -0.05) is 105 Å². The van der Waals surface area contributed by atoms with Crippen molar-refractivity contribution in [1.29, 1.82) is 0 Å². The third-order valence-electron chi connectivity index (χ3n) is 4.40. The molecule has 0 spiro atoms. The van der Waals surface area contributed by atoms with Crippen LogP contribution in [0.3, 0.4) is 0 Å². The smallest absolute Gasteiger partial charge is 0.0227 e. The first-order chi connectivity index (χ1) is 11.8. The summed E-state index contributed by atoms with van der Waals surface area (Å²) in [4.78, 5) is 0. The standard InChI is InChI=1S/C22H32P2/c1-3-5-7-9-19-11-15-21(16-12-19)23-24-22-17-13-20(14-18-22)10-8-6-4-2/h11-18,23-24H,3-10H2,1-2H3. The fraction of sp³-hybridized carbons (Fsp3) is 0.455. The molecular weight excluding hydrogens is 326 g/mol. The van der Waals surface area contributed by atoms with Crippen molar-refractivity contribution in [2.45, 2.75) is 65.2 Å². The average molecular weight is 358 g/mol. The Labute approximate surface area is 152 Å². The maximum absolute atomic E-state index is 2.34. The van der Waals surface area contributed by atoms with Crippen molar-refractivity contribution in [2.24, 2.45) is 0 Å². The minimum absolute atomic E-state index is 0.906. The predicted octanol–water partition coefficient (Wildman–Crippen LogP) is 6.37. The van der Waals surface area contributed by atoms with Crippen molar-refractivity contribution in [2.75, 3.05) is 0 Å². The van der Waals surface area contributed by atoms with Gasteiger partial charge in [0.05, 0.1) is 0 Å². The van der Waals surface area contributed by atoms with Gasteiger partial charge in [-0.3, -0.25) is 0 Å². The van der Waals surface area contributed by atoms with E-state index >= 15 is 0 Å². The third kappa shape index (κ3) is 7.46. The molecule has 0 radical (unpaired) electrons. The normalized spacial score (nSPS) is 11.9. The minimum Gasteiger partial charge on any atom is -0.0654 e. The lowest BCUT2D eigenvalue weighted by molar-refractivity contribution is 0.717. The molecule has 0 aliphatic carbocycles. The zero-order chi connectivity index (χ0) is 17.0. The lowest BCUT2D eigenvalue weighted by atomic mass is 10.1. The number of hydrogen-bond acceptors (Lipinski definition) is 0. The molecule has 2 aromatic rings. The Hall–Kier alpha value is -0.700. The summed E-state index contributed by atoms with van der Waals surface area (Å²) < 4.78 is 0. The van der Waals surface area contributed by atoms with Crippen LogP contribution in [-0.2, 0) is 12.8 Å². The molecule has 0 fully saturated rings. The molecule has 0 N–H and O–H groups in total. The molecule has 2 atom stereocenters. The van der Waals surface area contributed by atoms with Crippen LogP contribution in [0.5, 0.6) is 0 Å². The van der Waals surface area contributed by atoms with Gasteiger partial charge in [-0.2, -0.15) is 0 Å². The highest BCUT2D eigenvalue weighted by Crippen LogP contribution is 2.35.